The van der Waals surface area contributed by atoms with Crippen LogP contribution >= 0.6 is 0 Å². The molecule has 0 saturated carbocycles. The average Bonchev–Trinajstić information content (AvgIpc) is 3.10. The van der Waals surface area contributed by atoms with Crippen molar-refractivity contribution in [3.8, 4) is 0 Å². The Morgan fingerprint density at radius 3 is 2.58 bits per heavy atom. The molecule has 0 amide bonds. The Bertz CT molecular complexity index is 569. The second kappa shape index (κ2) is 8.31. The lowest BCUT2D eigenvalue weighted by molar-refractivity contribution is 0.150. The van der Waals surface area contributed by atoms with Gasteiger partial charge in [-0.25, -0.2) is 0 Å². The van der Waals surface area contributed by atoms with E-state index in [1.807, 2.05) is 0 Å². The van der Waals surface area contributed by atoms with Gasteiger partial charge in [0.15, 0.2) is 0 Å². The fourth-order valence-electron chi connectivity index (χ4n) is 5.66. The molecular formula is C23H37N3. The fraction of sp³-hybridized carbons (Fsp3) is 0.739. The van der Waals surface area contributed by atoms with Crippen LogP contribution in [0, 0.1) is 0 Å². The summed E-state index contributed by atoms with van der Waals surface area (Å²) in [5.41, 5.74) is 2.99. The molecule has 0 spiro atoms. The molecule has 0 bridgehead atoms. The standard InChI is InChI=1S/C23H37N3/c1-3-15-25(22-8-6-16-24(2)18-22)21-11-9-19(10-12-21)23-14-13-20-7-4-5-17-26(20)23/h9-12,20,22-23H,3-8,13-18H2,1-2H3/t20-,22?,23-/m1/s1. The topological polar surface area (TPSA) is 9.72 Å². The Balaban J connectivity index is 1.48. The van der Waals surface area contributed by atoms with Crippen molar-refractivity contribution >= 4 is 5.69 Å². The molecule has 1 aromatic rings. The first-order valence-corrected chi connectivity index (χ1v) is 11.1. The summed E-state index contributed by atoms with van der Waals surface area (Å²) >= 11 is 0. The number of fused-ring (bicyclic) bond motifs is 1. The molecule has 0 radical (unpaired) electrons. The second-order valence-electron chi connectivity index (χ2n) is 8.82. The molecule has 3 nitrogen and oxygen atoms in total. The molecule has 26 heavy (non-hydrogen) atoms. The molecule has 0 aromatic heterocycles. The van der Waals surface area contributed by atoms with Crippen LogP contribution < -0.4 is 4.90 Å². The van der Waals surface area contributed by atoms with Crippen LogP contribution in [0.2, 0.25) is 0 Å². The highest BCUT2D eigenvalue weighted by Gasteiger charge is 2.35. The summed E-state index contributed by atoms with van der Waals surface area (Å²) in [5.74, 6) is 0. The van der Waals surface area contributed by atoms with E-state index in [1.165, 1.54) is 83.2 Å². The van der Waals surface area contributed by atoms with Crippen LogP contribution in [0.25, 0.3) is 0 Å². The third kappa shape index (κ3) is 3.80. The number of likely N-dealkylation sites (N-methyl/N-ethyl adjacent to an activating group) is 1. The van der Waals surface area contributed by atoms with E-state index in [1.54, 1.807) is 5.56 Å². The highest BCUT2D eigenvalue weighted by Crippen LogP contribution is 2.40. The molecule has 3 fully saturated rings. The molecule has 0 N–H and O–H groups in total. The van der Waals surface area contributed by atoms with Gasteiger partial charge in [-0.2, -0.15) is 0 Å². The summed E-state index contributed by atoms with van der Waals surface area (Å²) in [6.45, 7) is 7.26. The molecular weight excluding hydrogens is 318 g/mol. The van der Waals surface area contributed by atoms with E-state index in [0.29, 0.717) is 12.1 Å². The molecule has 4 rings (SSSR count). The van der Waals surface area contributed by atoms with Gasteiger partial charge < -0.3 is 9.80 Å². The number of piperidine rings is 2. The Hall–Kier alpha value is -1.06. The van der Waals surface area contributed by atoms with Crippen molar-refractivity contribution in [2.45, 2.75) is 76.4 Å². The summed E-state index contributed by atoms with van der Waals surface area (Å²) in [7, 11) is 2.27. The van der Waals surface area contributed by atoms with E-state index >= 15 is 0 Å². The molecule has 3 heteroatoms. The first-order chi connectivity index (χ1) is 12.8. The highest BCUT2D eigenvalue weighted by molar-refractivity contribution is 5.49. The number of rotatable bonds is 5. The Kier molecular flexibility index (Phi) is 5.85. The van der Waals surface area contributed by atoms with Crippen LogP contribution in [0.4, 0.5) is 5.69 Å². The van der Waals surface area contributed by atoms with Crippen molar-refractivity contribution in [2.24, 2.45) is 0 Å². The van der Waals surface area contributed by atoms with E-state index in [9.17, 15) is 0 Å². The Labute approximate surface area is 160 Å². The molecule has 3 saturated heterocycles. The van der Waals surface area contributed by atoms with Crippen molar-refractivity contribution in [2.75, 3.05) is 38.1 Å². The molecule has 0 aliphatic carbocycles. The maximum absolute atomic E-state index is 2.80. The summed E-state index contributed by atoms with van der Waals surface area (Å²) in [6, 6.07) is 11.9. The van der Waals surface area contributed by atoms with Gasteiger partial charge in [-0.1, -0.05) is 25.5 Å². The first-order valence-electron chi connectivity index (χ1n) is 11.1. The van der Waals surface area contributed by atoms with Crippen LogP contribution in [-0.4, -0.2) is 55.1 Å². The summed E-state index contributed by atoms with van der Waals surface area (Å²) in [4.78, 5) is 7.98. The normalized spacial score (nSPS) is 30.3. The van der Waals surface area contributed by atoms with E-state index in [4.69, 9.17) is 0 Å². The minimum Gasteiger partial charge on any atom is -0.367 e. The number of hydrogen-bond acceptors (Lipinski definition) is 3. The van der Waals surface area contributed by atoms with Crippen molar-refractivity contribution in [3.05, 3.63) is 29.8 Å². The number of anilines is 1. The minimum absolute atomic E-state index is 0.676. The van der Waals surface area contributed by atoms with Crippen molar-refractivity contribution < 1.29 is 0 Å². The third-order valence-corrected chi connectivity index (χ3v) is 6.96. The lowest BCUT2D eigenvalue weighted by Gasteiger charge is -2.39. The van der Waals surface area contributed by atoms with Crippen LogP contribution in [0.3, 0.4) is 0 Å². The Morgan fingerprint density at radius 2 is 1.81 bits per heavy atom. The summed E-state index contributed by atoms with van der Waals surface area (Å²) < 4.78 is 0. The highest BCUT2D eigenvalue weighted by atomic mass is 15.2. The number of hydrogen-bond donors (Lipinski definition) is 0. The largest absolute Gasteiger partial charge is 0.367 e. The van der Waals surface area contributed by atoms with Crippen molar-refractivity contribution in [1.82, 2.24) is 9.80 Å². The average molecular weight is 356 g/mol. The lowest BCUT2D eigenvalue weighted by atomic mass is 10.0. The van der Waals surface area contributed by atoms with Crippen LogP contribution in [-0.2, 0) is 0 Å². The van der Waals surface area contributed by atoms with E-state index in [-0.39, 0.29) is 0 Å². The Morgan fingerprint density at radius 1 is 0.962 bits per heavy atom. The zero-order chi connectivity index (χ0) is 17.9. The molecule has 144 valence electrons. The van der Waals surface area contributed by atoms with Gasteiger partial charge in [-0.05, 0) is 82.8 Å². The molecule has 1 aromatic carbocycles. The van der Waals surface area contributed by atoms with E-state index in [2.05, 4.69) is 52.9 Å². The molecule has 3 atom stereocenters. The van der Waals surface area contributed by atoms with Gasteiger partial charge in [0, 0.05) is 36.9 Å². The van der Waals surface area contributed by atoms with Crippen LogP contribution in [0.1, 0.15) is 69.9 Å². The first kappa shape index (κ1) is 18.3. The molecule has 3 aliphatic heterocycles. The van der Waals surface area contributed by atoms with Gasteiger partial charge in [0.2, 0.25) is 0 Å². The maximum atomic E-state index is 2.80. The number of benzene rings is 1. The summed E-state index contributed by atoms with van der Waals surface area (Å²) in [5, 5.41) is 0. The van der Waals surface area contributed by atoms with E-state index < -0.39 is 0 Å². The maximum Gasteiger partial charge on any atom is 0.0417 e. The van der Waals surface area contributed by atoms with E-state index in [0.717, 1.165) is 6.04 Å². The molecule has 1 unspecified atom stereocenters. The third-order valence-electron chi connectivity index (χ3n) is 6.96. The van der Waals surface area contributed by atoms with Crippen molar-refractivity contribution in [3.63, 3.8) is 0 Å². The van der Waals surface area contributed by atoms with Gasteiger partial charge in [-0.15, -0.1) is 0 Å². The van der Waals surface area contributed by atoms with Gasteiger partial charge in [0.25, 0.3) is 0 Å². The smallest absolute Gasteiger partial charge is 0.0417 e. The van der Waals surface area contributed by atoms with Crippen LogP contribution in [0.5, 0.6) is 0 Å². The predicted octanol–water partition coefficient (Wildman–Crippen LogP) is 4.69. The minimum atomic E-state index is 0.676. The monoisotopic (exact) mass is 355 g/mol. The number of likely N-dealkylation sites (tertiary alicyclic amines) is 1. The quantitative estimate of drug-likeness (QED) is 0.759. The SMILES string of the molecule is CCCN(c1ccc([C@H]2CC[C@H]3CCCCN32)cc1)C1CCCN(C)C1. The van der Waals surface area contributed by atoms with Crippen LogP contribution in [0.15, 0.2) is 24.3 Å². The zero-order valence-electron chi connectivity index (χ0n) is 16.9. The molecule has 3 aliphatic rings. The number of nitrogens with zero attached hydrogens (tertiary/aromatic N) is 3. The van der Waals surface area contributed by atoms with Gasteiger partial charge >= 0.3 is 0 Å². The lowest BCUT2D eigenvalue weighted by Crippen LogP contribution is -2.47. The molecule has 3 heterocycles. The van der Waals surface area contributed by atoms with Gasteiger partial charge in [-0.3, -0.25) is 4.90 Å². The second-order valence-corrected chi connectivity index (χ2v) is 8.82. The predicted molar refractivity (Wildman–Crippen MR) is 111 cm³/mol. The van der Waals surface area contributed by atoms with Gasteiger partial charge in [0.05, 0.1) is 0 Å². The fourth-order valence-corrected chi connectivity index (χ4v) is 5.66. The van der Waals surface area contributed by atoms with Gasteiger partial charge in [0.1, 0.15) is 0 Å². The zero-order valence-corrected chi connectivity index (χ0v) is 16.9. The van der Waals surface area contributed by atoms with Crippen molar-refractivity contribution in [1.29, 1.82) is 0 Å². The summed E-state index contributed by atoms with van der Waals surface area (Å²) in [6.07, 6.45) is 10.9.